The molecule has 3 atom stereocenters. The first-order valence-electron chi connectivity index (χ1n) is 14.4. The molecule has 240 valence electrons. The van der Waals surface area contributed by atoms with E-state index in [4.69, 9.17) is 4.74 Å². The monoisotopic (exact) mass is 628 g/mol. The number of carbonyl (C=O) groups is 4. The minimum absolute atomic E-state index is 0.0379. The molecule has 0 spiro atoms. The van der Waals surface area contributed by atoms with Crippen LogP contribution in [-0.4, -0.2) is 76.6 Å². The van der Waals surface area contributed by atoms with Crippen molar-refractivity contribution in [3.8, 4) is 5.75 Å². The Morgan fingerprint density at radius 3 is 2.47 bits per heavy atom. The number of amides is 4. The van der Waals surface area contributed by atoms with Gasteiger partial charge < -0.3 is 25.6 Å². The van der Waals surface area contributed by atoms with Crippen LogP contribution in [-0.2, 0) is 33.5 Å². The van der Waals surface area contributed by atoms with Crippen LogP contribution in [0.5, 0.6) is 5.75 Å². The predicted molar refractivity (Wildman–Crippen MR) is 157 cm³/mol. The number of aryl methyl sites for hydroxylation is 1. The number of ether oxygens (including phenoxy) is 1. The van der Waals surface area contributed by atoms with E-state index in [9.17, 15) is 32.3 Å². The summed E-state index contributed by atoms with van der Waals surface area (Å²) in [6.45, 7) is 1.71. The highest BCUT2D eigenvalue weighted by molar-refractivity contribution is 6.01. The molecule has 0 fully saturated rings. The van der Waals surface area contributed by atoms with Crippen LogP contribution in [0.2, 0.25) is 0 Å². The van der Waals surface area contributed by atoms with Crippen LogP contribution in [0, 0.1) is 0 Å². The largest absolute Gasteiger partial charge is 0.491 e. The summed E-state index contributed by atoms with van der Waals surface area (Å²) in [6, 6.07) is 14.1. The smallest absolute Gasteiger partial charge is 0.435 e. The second kappa shape index (κ2) is 14.7. The molecule has 1 aromatic heterocycles. The highest BCUT2D eigenvalue weighted by atomic mass is 19.4. The van der Waals surface area contributed by atoms with E-state index >= 15 is 0 Å². The highest BCUT2D eigenvalue weighted by Gasteiger charge is 2.34. The average Bonchev–Trinajstić information content (AvgIpc) is 3.50. The van der Waals surface area contributed by atoms with Crippen LogP contribution in [0.3, 0.4) is 0 Å². The van der Waals surface area contributed by atoms with Gasteiger partial charge in [0.2, 0.25) is 17.7 Å². The highest BCUT2D eigenvalue weighted by Crippen LogP contribution is 2.27. The molecule has 2 aromatic carbocycles. The third kappa shape index (κ3) is 9.06. The van der Waals surface area contributed by atoms with Crippen molar-refractivity contribution in [1.29, 1.82) is 0 Å². The Labute approximate surface area is 258 Å². The maximum absolute atomic E-state index is 13.4. The van der Waals surface area contributed by atoms with E-state index in [1.807, 2.05) is 30.3 Å². The van der Waals surface area contributed by atoms with Crippen molar-refractivity contribution < 1.29 is 37.1 Å². The van der Waals surface area contributed by atoms with Crippen LogP contribution >= 0.6 is 0 Å². The van der Waals surface area contributed by atoms with Crippen molar-refractivity contribution in [3.63, 3.8) is 0 Å². The van der Waals surface area contributed by atoms with Gasteiger partial charge in [-0.2, -0.15) is 18.3 Å². The molecule has 0 saturated carbocycles. The molecule has 2 heterocycles. The molecular weight excluding hydrogens is 593 g/mol. The number of halogens is 3. The van der Waals surface area contributed by atoms with Crippen LogP contribution in [0.15, 0.2) is 66.9 Å². The van der Waals surface area contributed by atoms with Gasteiger partial charge >= 0.3 is 6.18 Å². The summed E-state index contributed by atoms with van der Waals surface area (Å²) in [4.78, 5) is 54.4. The Balaban J connectivity index is 1.49. The fourth-order valence-corrected chi connectivity index (χ4v) is 4.85. The summed E-state index contributed by atoms with van der Waals surface area (Å²) >= 11 is 0. The van der Waals surface area contributed by atoms with Gasteiger partial charge in [0.25, 0.3) is 5.91 Å². The molecule has 0 aliphatic carbocycles. The van der Waals surface area contributed by atoms with E-state index in [2.05, 4.69) is 21.0 Å². The van der Waals surface area contributed by atoms with Gasteiger partial charge in [-0.25, -0.2) is 0 Å². The first-order chi connectivity index (χ1) is 21.4. The number of alkyl halides is 3. The summed E-state index contributed by atoms with van der Waals surface area (Å²) in [5.74, 6) is -2.10. The normalized spacial score (nSPS) is 19.9. The van der Waals surface area contributed by atoms with Gasteiger partial charge in [-0.1, -0.05) is 42.5 Å². The van der Waals surface area contributed by atoms with Crippen LogP contribution < -0.4 is 20.7 Å². The lowest BCUT2D eigenvalue weighted by Gasteiger charge is -2.31. The standard InChI is InChI=1S/C31H35F3N6O5/c1-20-30(44)39(2)22(17-21-9-4-3-5-10-21)19-45-25-12-7-6-11-23(25)28(42)37-24(18-27(41)36-20)29(43)35-14-8-15-40-16-13-26(38-40)31(32,33)34/h3-7,9-13,16,20,22,24H,8,14-15,17-19H2,1-2H3,(H,35,43)(H,36,41)(H,37,42)/t20-,22-,24-/m0/s1. The number of hydrogen-bond acceptors (Lipinski definition) is 6. The first-order valence-corrected chi connectivity index (χ1v) is 14.4. The van der Waals surface area contributed by atoms with E-state index in [0.717, 1.165) is 16.3 Å². The summed E-state index contributed by atoms with van der Waals surface area (Å²) in [5.41, 5.74) is 0.0849. The van der Waals surface area contributed by atoms with Crippen molar-refractivity contribution in [2.75, 3.05) is 20.2 Å². The van der Waals surface area contributed by atoms with Crippen LogP contribution in [0.1, 0.15) is 41.4 Å². The van der Waals surface area contributed by atoms with E-state index < -0.39 is 54.1 Å². The van der Waals surface area contributed by atoms with Gasteiger partial charge in [-0.05, 0) is 43.5 Å². The average molecular weight is 629 g/mol. The lowest BCUT2D eigenvalue weighted by Crippen LogP contribution is -2.53. The summed E-state index contributed by atoms with van der Waals surface area (Å²) in [7, 11) is 1.62. The number of rotatable bonds is 7. The molecule has 3 N–H and O–H groups in total. The Morgan fingerprint density at radius 2 is 1.76 bits per heavy atom. The van der Waals surface area contributed by atoms with Crippen molar-refractivity contribution >= 4 is 23.6 Å². The number of carbonyl (C=O) groups excluding carboxylic acids is 4. The summed E-state index contributed by atoms with van der Waals surface area (Å²) < 4.78 is 45.6. The molecule has 45 heavy (non-hydrogen) atoms. The van der Waals surface area contributed by atoms with Gasteiger partial charge in [-0.3, -0.25) is 23.9 Å². The van der Waals surface area contributed by atoms with Gasteiger partial charge in [0, 0.05) is 26.3 Å². The fraction of sp³-hybridized carbons (Fsp3) is 0.387. The number of likely N-dealkylation sites (N-methyl/N-ethyl adjacent to an activating group) is 1. The maximum Gasteiger partial charge on any atom is 0.435 e. The van der Waals surface area contributed by atoms with Crippen molar-refractivity contribution in [3.05, 3.63) is 83.7 Å². The topological polar surface area (TPSA) is 135 Å². The van der Waals surface area contributed by atoms with E-state index in [1.54, 1.807) is 25.2 Å². The Kier molecular flexibility index (Phi) is 10.8. The van der Waals surface area contributed by atoms with Crippen molar-refractivity contribution in [2.24, 2.45) is 0 Å². The quantitative estimate of drug-likeness (QED) is 0.345. The molecule has 1 aliphatic heterocycles. The third-order valence-corrected chi connectivity index (χ3v) is 7.33. The maximum atomic E-state index is 13.4. The minimum Gasteiger partial charge on any atom is -0.491 e. The predicted octanol–water partition coefficient (Wildman–Crippen LogP) is 2.56. The van der Waals surface area contributed by atoms with E-state index in [-0.39, 0.29) is 43.3 Å². The zero-order valence-corrected chi connectivity index (χ0v) is 24.8. The van der Waals surface area contributed by atoms with Crippen molar-refractivity contribution in [1.82, 2.24) is 30.6 Å². The Hall–Kier alpha value is -4.88. The zero-order chi connectivity index (χ0) is 32.6. The van der Waals surface area contributed by atoms with Gasteiger partial charge in [0.1, 0.15) is 24.4 Å². The molecule has 3 aromatic rings. The molecule has 1 aliphatic rings. The number of aromatic nitrogens is 2. The summed E-state index contributed by atoms with van der Waals surface area (Å²) in [5, 5.41) is 11.3. The van der Waals surface area contributed by atoms with E-state index in [1.165, 1.54) is 24.1 Å². The molecule has 0 radical (unpaired) electrons. The van der Waals surface area contributed by atoms with Gasteiger partial charge in [0.15, 0.2) is 5.69 Å². The van der Waals surface area contributed by atoms with Crippen LogP contribution in [0.25, 0.3) is 0 Å². The van der Waals surface area contributed by atoms with Gasteiger partial charge in [0.05, 0.1) is 18.0 Å². The molecule has 0 saturated heterocycles. The van der Waals surface area contributed by atoms with Crippen LogP contribution in [0.4, 0.5) is 13.2 Å². The second-order valence-corrected chi connectivity index (χ2v) is 10.7. The SMILES string of the molecule is C[C@@H]1NC(=O)C[C@@H](C(=O)NCCCn2ccc(C(F)(F)F)n2)NC(=O)c2ccccc2OC[C@H](Cc2ccccc2)N(C)C1=O. The van der Waals surface area contributed by atoms with Crippen molar-refractivity contribution in [2.45, 2.75) is 57.0 Å². The first kappa shape index (κ1) is 33.0. The number of fused-ring (bicyclic) bond motifs is 1. The minimum atomic E-state index is -4.56. The zero-order valence-electron chi connectivity index (χ0n) is 24.8. The molecule has 4 amide bonds. The number of nitrogens with zero attached hydrogens (tertiary/aromatic N) is 3. The Morgan fingerprint density at radius 1 is 1.04 bits per heavy atom. The summed E-state index contributed by atoms with van der Waals surface area (Å²) in [6.07, 6.45) is -3.14. The molecule has 0 bridgehead atoms. The van der Waals surface area contributed by atoms with Gasteiger partial charge in [-0.15, -0.1) is 0 Å². The lowest BCUT2D eigenvalue weighted by molar-refractivity contribution is -0.141. The molecular formula is C31H35F3N6O5. The molecule has 11 nitrogen and oxygen atoms in total. The van der Waals surface area contributed by atoms with E-state index in [0.29, 0.717) is 6.42 Å². The number of para-hydroxylation sites is 1. The number of nitrogens with one attached hydrogen (secondary N) is 3. The lowest BCUT2D eigenvalue weighted by atomic mass is 10.0. The fourth-order valence-electron chi connectivity index (χ4n) is 4.85. The number of benzene rings is 2. The number of hydrogen-bond donors (Lipinski definition) is 3. The second-order valence-electron chi connectivity index (χ2n) is 10.7. The Bertz CT molecular complexity index is 1500. The molecule has 4 rings (SSSR count). The molecule has 14 heteroatoms. The third-order valence-electron chi connectivity index (χ3n) is 7.33. The molecule has 0 unspecified atom stereocenters.